The first-order chi connectivity index (χ1) is 15.2. The predicted octanol–water partition coefficient (Wildman–Crippen LogP) is 6.05. The SMILES string of the molecule is CCCCCCCCCCc1cnc(-c2ccc(OC(=O)C3CCCO3)cc2F)nc1. The molecule has 6 heteroatoms. The fourth-order valence-electron chi connectivity index (χ4n) is 3.77. The van der Waals surface area contributed by atoms with Crippen molar-refractivity contribution in [1.82, 2.24) is 9.97 Å². The Kier molecular flexibility index (Phi) is 9.40. The van der Waals surface area contributed by atoms with Crippen molar-refractivity contribution in [2.45, 2.75) is 83.7 Å². The van der Waals surface area contributed by atoms with Gasteiger partial charge < -0.3 is 9.47 Å². The number of nitrogens with zero attached hydrogens (tertiary/aromatic N) is 2. The Balaban J connectivity index is 1.46. The average Bonchev–Trinajstić information content (AvgIpc) is 3.32. The van der Waals surface area contributed by atoms with Gasteiger partial charge in [0, 0.05) is 25.1 Å². The van der Waals surface area contributed by atoms with E-state index in [0.717, 1.165) is 24.8 Å². The molecule has 1 aromatic heterocycles. The molecule has 2 heterocycles. The molecule has 1 atom stereocenters. The molecule has 1 saturated heterocycles. The average molecular weight is 429 g/mol. The van der Waals surface area contributed by atoms with Gasteiger partial charge in [-0.2, -0.15) is 0 Å². The fourth-order valence-corrected chi connectivity index (χ4v) is 3.77. The van der Waals surface area contributed by atoms with E-state index in [-0.39, 0.29) is 11.3 Å². The Morgan fingerprint density at radius 1 is 1.10 bits per heavy atom. The number of hydrogen-bond donors (Lipinski definition) is 0. The zero-order valence-electron chi connectivity index (χ0n) is 18.4. The number of esters is 1. The molecule has 31 heavy (non-hydrogen) atoms. The lowest BCUT2D eigenvalue weighted by atomic mass is 10.1. The van der Waals surface area contributed by atoms with E-state index in [9.17, 15) is 9.18 Å². The molecule has 168 valence electrons. The maximum absolute atomic E-state index is 14.6. The summed E-state index contributed by atoms with van der Waals surface area (Å²) in [5.74, 6) is -0.512. The van der Waals surface area contributed by atoms with Gasteiger partial charge in [-0.1, -0.05) is 51.9 Å². The molecule has 2 aromatic rings. The van der Waals surface area contributed by atoms with Crippen molar-refractivity contribution in [3.05, 3.63) is 42.0 Å². The van der Waals surface area contributed by atoms with Crippen LogP contribution >= 0.6 is 0 Å². The first kappa shape index (κ1) is 23.3. The van der Waals surface area contributed by atoms with E-state index < -0.39 is 17.9 Å². The number of benzene rings is 1. The molecule has 1 fully saturated rings. The lowest BCUT2D eigenvalue weighted by Gasteiger charge is -2.10. The first-order valence-corrected chi connectivity index (χ1v) is 11.6. The van der Waals surface area contributed by atoms with Crippen molar-refractivity contribution in [3.63, 3.8) is 0 Å². The van der Waals surface area contributed by atoms with E-state index in [1.54, 1.807) is 24.5 Å². The molecule has 0 N–H and O–H groups in total. The van der Waals surface area contributed by atoms with Crippen molar-refractivity contribution in [2.75, 3.05) is 6.61 Å². The third kappa shape index (κ3) is 7.39. The summed E-state index contributed by atoms with van der Waals surface area (Å²) in [6.07, 6.45) is 15.6. The fraction of sp³-hybridized carbons (Fsp3) is 0.560. The maximum atomic E-state index is 14.6. The van der Waals surface area contributed by atoms with Gasteiger partial charge in [0.25, 0.3) is 0 Å². The molecule has 0 radical (unpaired) electrons. The summed E-state index contributed by atoms with van der Waals surface area (Å²) in [6.45, 7) is 2.79. The third-order valence-electron chi connectivity index (χ3n) is 5.62. The number of rotatable bonds is 12. The van der Waals surface area contributed by atoms with Gasteiger partial charge in [-0.05, 0) is 43.4 Å². The van der Waals surface area contributed by atoms with E-state index >= 15 is 0 Å². The molecule has 0 spiro atoms. The Hall–Kier alpha value is -2.34. The highest BCUT2D eigenvalue weighted by molar-refractivity contribution is 5.77. The number of ether oxygens (including phenoxy) is 2. The van der Waals surface area contributed by atoms with Crippen molar-refractivity contribution in [2.24, 2.45) is 0 Å². The van der Waals surface area contributed by atoms with E-state index in [4.69, 9.17) is 9.47 Å². The van der Waals surface area contributed by atoms with Crippen LogP contribution in [0.5, 0.6) is 5.75 Å². The van der Waals surface area contributed by atoms with E-state index in [1.165, 1.54) is 51.0 Å². The van der Waals surface area contributed by atoms with Gasteiger partial charge in [-0.25, -0.2) is 19.2 Å². The van der Waals surface area contributed by atoms with Gasteiger partial charge in [-0.15, -0.1) is 0 Å². The van der Waals surface area contributed by atoms with Crippen LogP contribution in [0.15, 0.2) is 30.6 Å². The predicted molar refractivity (Wildman–Crippen MR) is 118 cm³/mol. The highest BCUT2D eigenvalue weighted by atomic mass is 19.1. The van der Waals surface area contributed by atoms with Crippen LogP contribution < -0.4 is 4.74 Å². The van der Waals surface area contributed by atoms with Crippen LogP contribution in [0.4, 0.5) is 4.39 Å². The zero-order chi connectivity index (χ0) is 21.9. The molecule has 0 aliphatic carbocycles. The molecule has 0 bridgehead atoms. The van der Waals surface area contributed by atoms with Crippen LogP contribution in [0.25, 0.3) is 11.4 Å². The third-order valence-corrected chi connectivity index (χ3v) is 5.62. The van der Waals surface area contributed by atoms with Crippen LogP contribution in [0, 0.1) is 5.82 Å². The minimum atomic E-state index is -0.556. The van der Waals surface area contributed by atoms with Gasteiger partial charge in [0.05, 0.1) is 5.56 Å². The Morgan fingerprint density at radius 2 is 1.81 bits per heavy atom. The number of carbonyl (C=O) groups is 1. The molecule has 1 aromatic carbocycles. The van der Waals surface area contributed by atoms with Gasteiger partial charge in [0.15, 0.2) is 11.9 Å². The van der Waals surface area contributed by atoms with Gasteiger partial charge in [-0.3, -0.25) is 0 Å². The summed E-state index contributed by atoms with van der Waals surface area (Å²) in [7, 11) is 0. The summed E-state index contributed by atoms with van der Waals surface area (Å²) < 4.78 is 25.1. The molecular weight excluding hydrogens is 395 g/mol. The van der Waals surface area contributed by atoms with Crippen LogP contribution in [0.2, 0.25) is 0 Å². The van der Waals surface area contributed by atoms with Crippen LogP contribution in [-0.4, -0.2) is 28.6 Å². The standard InChI is InChI=1S/C25H33FN2O3/c1-2-3-4-5-6-7-8-9-11-19-17-27-24(28-18-19)21-14-13-20(16-22(21)26)31-25(29)23-12-10-15-30-23/h13-14,16-18,23H,2-12,15H2,1H3. The molecule has 0 saturated carbocycles. The largest absolute Gasteiger partial charge is 0.425 e. The topological polar surface area (TPSA) is 61.3 Å². The lowest BCUT2D eigenvalue weighted by molar-refractivity contribution is -0.144. The van der Waals surface area contributed by atoms with Crippen molar-refractivity contribution >= 4 is 5.97 Å². The van der Waals surface area contributed by atoms with Crippen LogP contribution in [0.3, 0.4) is 0 Å². The second-order valence-corrected chi connectivity index (χ2v) is 8.20. The summed E-state index contributed by atoms with van der Waals surface area (Å²) in [4.78, 5) is 20.7. The Morgan fingerprint density at radius 3 is 2.45 bits per heavy atom. The van der Waals surface area contributed by atoms with Gasteiger partial charge >= 0.3 is 5.97 Å². The first-order valence-electron chi connectivity index (χ1n) is 11.6. The molecule has 1 aliphatic rings. The second kappa shape index (κ2) is 12.5. The maximum Gasteiger partial charge on any atom is 0.340 e. The number of unbranched alkanes of at least 4 members (excludes halogenated alkanes) is 7. The number of halogens is 1. The number of aromatic nitrogens is 2. The monoisotopic (exact) mass is 428 g/mol. The van der Waals surface area contributed by atoms with Crippen LogP contribution in [-0.2, 0) is 16.0 Å². The Labute approximate surface area is 184 Å². The van der Waals surface area contributed by atoms with Gasteiger partial charge in [0.2, 0.25) is 0 Å². The molecule has 5 nitrogen and oxygen atoms in total. The minimum absolute atomic E-state index is 0.160. The van der Waals surface area contributed by atoms with Crippen LogP contribution in [0.1, 0.15) is 76.7 Å². The summed E-state index contributed by atoms with van der Waals surface area (Å²) >= 11 is 0. The quantitative estimate of drug-likeness (QED) is 0.234. The highest BCUT2D eigenvalue weighted by Gasteiger charge is 2.25. The molecule has 1 unspecified atom stereocenters. The van der Waals surface area contributed by atoms with Crippen molar-refractivity contribution in [3.8, 4) is 17.1 Å². The normalized spacial score (nSPS) is 15.9. The molecular formula is C25H33FN2O3. The minimum Gasteiger partial charge on any atom is -0.425 e. The summed E-state index contributed by atoms with van der Waals surface area (Å²) in [5.41, 5.74) is 1.35. The number of aryl methyl sites for hydroxylation is 1. The Bertz CT molecular complexity index is 820. The van der Waals surface area contributed by atoms with Crippen molar-refractivity contribution in [1.29, 1.82) is 0 Å². The lowest BCUT2D eigenvalue weighted by Crippen LogP contribution is -2.24. The van der Waals surface area contributed by atoms with Gasteiger partial charge in [0.1, 0.15) is 11.6 Å². The number of carbonyl (C=O) groups excluding carboxylic acids is 1. The molecule has 0 amide bonds. The molecule has 1 aliphatic heterocycles. The smallest absolute Gasteiger partial charge is 0.340 e. The van der Waals surface area contributed by atoms with E-state index in [0.29, 0.717) is 18.9 Å². The van der Waals surface area contributed by atoms with E-state index in [2.05, 4.69) is 16.9 Å². The molecule has 3 rings (SSSR count). The highest BCUT2D eigenvalue weighted by Crippen LogP contribution is 2.25. The second-order valence-electron chi connectivity index (χ2n) is 8.20. The summed E-state index contributed by atoms with van der Waals surface area (Å²) in [6, 6.07) is 4.30. The van der Waals surface area contributed by atoms with E-state index in [1.807, 2.05) is 0 Å². The number of hydrogen-bond acceptors (Lipinski definition) is 5. The summed E-state index contributed by atoms with van der Waals surface area (Å²) in [5, 5.41) is 0. The van der Waals surface area contributed by atoms with Crippen molar-refractivity contribution < 1.29 is 18.7 Å². The zero-order valence-corrected chi connectivity index (χ0v) is 18.4.